The molecule has 2 saturated heterocycles. The molecule has 23 heavy (non-hydrogen) atoms. The zero-order valence-electron chi connectivity index (χ0n) is 13.1. The summed E-state index contributed by atoms with van der Waals surface area (Å²) in [5, 5.41) is 3.43. The van der Waals surface area contributed by atoms with E-state index in [1.165, 1.54) is 0 Å². The lowest BCUT2D eigenvalue weighted by molar-refractivity contribution is 0.0680. The molecular formula is C17H23ClN2O3. The van der Waals surface area contributed by atoms with Gasteiger partial charge in [0, 0.05) is 30.6 Å². The summed E-state index contributed by atoms with van der Waals surface area (Å²) in [4.78, 5) is 15.1. The molecule has 3 aliphatic rings. The number of fused-ring (bicyclic) bond motifs is 3. The van der Waals surface area contributed by atoms with Gasteiger partial charge in [-0.15, -0.1) is 12.4 Å². The first-order chi connectivity index (χ1) is 10.8. The minimum Gasteiger partial charge on any atom is -0.490 e. The Morgan fingerprint density at radius 1 is 1.09 bits per heavy atom. The number of amides is 1. The van der Waals surface area contributed by atoms with Crippen LogP contribution in [-0.2, 0) is 0 Å². The summed E-state index contributed by atoms with van der Waals surface area (Å²) in [5.74, 6) is 1.57. The van der Waals surface area contributed by atoms with Gasteiger partial charge < -0.3 is 19.7 Å². The van der Waals surface area contributed by atoms with E-state index in [-0.39, 0.29) is 18.3 Å². The van der Waals surface area contributed by atoms with Gasteiger partial charge in [-0.2, -0.15) is 0 Å². The molecule has 4 rings (SSSR count). The van der Waals surface area contributed by atoms with E-state index >= 15 is 0 Å². The Bertz CT molecular complexity index is 567. The second kappa shape index (κ2) is 6.97. The molecule has 0 spiro atoms. The predicted octanol–water partition coefficient (Wildman–Crippen LogP) is 2.24. The van der Waals surface area contributed by atoms with E-state index in [4.69, 9.17) is 9.47 Å². The Hall–Kier alpha value is -1.46. The Kier molecular flexibility index (Phi) is 4.97. The van der Waals surface area contributed by atoms with Crippen molar-refractivity contribution in [2.45, 2.75) is 37.8 Å². The van der Waals surface area contributed by atoms with E-state index in [1.54, 1.807) is 0 Å². The van der Waals surface area contributed by atoms with Crippen LogP contribution in [0.3, 0.4) is 0 Å². The molecule has 1 aromatic rings. The van der Waals surface area contributed by atoms with Gasteiger partial charge in [0.25, 0.3) is 5.91 Å². The molecule has 3 aliphatic heterocycles. The van der Waals surface area contributed by atoms with Gasteiger partial charge in [-0.3, -0.25) is 4.79 Å². The van der Waals surface area contributed by atoms with Crippen LogP contribution >= 0.6 is 12.4 Å². The van der Waals surface area contributed by atoms with Crippen molar-refractivity contribution in [3.8, 4) is 11.5 Å². The number of benzene rings is 1. The van der Waals surface area contributed by atoms with Gasteiger partial charge >= 0.3 is 0 Å². The van der Waals surface area contributed by atoms with Crippen LogP contribution < -0.4 is 14.8 Å². The fourth-order valence-corrected chi connectivity index (χ4v) is 3.76. The van der Waals surface area contributed by atoms with Crippen molar-refractivity contribution in [1.82, 2.24) is 10.2 Å². The van der Waals surface area contributed by atoms with Gasteiger partial charge in [-0.1, -0.05) is 0 Å². The third-order valence-electron chi connectivity index (χ3n) is 4.88. The number of nitrogens with zero attached hydrogens (tertiary/aromatic N) is 1. The van der Waals surface area contributed by atoms with Crippen LogP contribution in [0.2, 0.25) is 0 Å². The standard InChI is InChI=1S/C17H22N2O3.ClH/c20-17(19-13-3-4-14(19)11-18-7-6-13)12-2-5-15-16(10-12)22-9-1-8-21-15;/h2,5,10,13-14,18H,1,3-4,6-9,11H2;1H. The number of rotatable bonds is 1. The van der Waals surface area contributed by atoms with Gasteiger partial charge in [-0.05, 0) is 44.0 Å². The van der Waals surface area contributed by atoms with Gasteiger partial charge in [-0.25, -0.2) is 0 Å². The molecule has 2 fully saturated rings. The summed E-state index contributed by atoms with van der Waals surface area (Å²) in [6.07, 6.45) is 4.16. The number of nitrogens with one attached hydrogen (secondary N) is 1. The highest BCUT2D eigenvalue weighted by molar-refractivity contribution is 5.95. The quantitative estimate of drug-likeness (QED) is 0.853. The molecular weight excluding hydrogens is 316 g/mol. The Labute approximate surface area is 142 Å². The molecule has 0 aromatic heterocycles. The fourth-order valence-electron chi connectivity index (χ4n) is 3.76. The summed E-state index contributed by atoms with van der Waals surface area (Å²) in [6.45, 7) is 3.23. The summed E-state index contributed by atoms with van der Waals surface area (Å²) < 4.78 is 11.4. The molecule has 2 bridgehead atoms. The van der Waals surface area contributed by atoms with Gasteiger partial charge in [0.05, 0.1) is 13.2 Å². The van der Waals surface area contributed by atoms with Crippen LogP contribution in [0.15, 0.2) is 18.2 Å². The van der Waals surface area contributed by atoms with Crippen molar-refractivity contribution in [2.24, 2.45) is 0 Å². The number of carbonyl (C=O) groups excluding carboxylic acids is 1. The predicted molar refractivity (Wildman–Crippen MR) is 89.8 cm³/mol. The maximum atomic E-state index is 13.0. The molecule has 2 unspecified atom stereocenters. The van der Waals surface area contributed by atoms with Crippen LogP contribution in [-0.4, -0.2) is 49.2 Å². The second-order valence-electron chi connectivity index (χ2n) is 6.30. The summed E-state index contributed by atoms with van der Waals surface area (Å²) in [5.41, 5.74) is 0.711. The molecule has 0 saturated carbocycles. The number of hydrogen-bond acceptors (Lipinski definition) is 4. The van der Waals surface area contributed by atoms with E-state index in [2.05, 4.69) is 10.2 Å². The SMILES string of the molecule is Cl.O=C(c1ccc2c(c1)OCCCO2)N1C2CCNCC1CC2. The Morgan fingerprint density at radius 2 is 1.87 bits per heavy atom. The average Bonchev–Trinajstić information content (AvgIpc) is 2.69. The lowest BCUT2D eigenvalue weighted by Crippen LogP contribution is -2.42. The highest BCUT2D eigenvalue weighted by Crippen LogP contribution is 2.33. The second-order valence-corrected chi connectivity index (χ2v) is 6.30. The summed E-state index contributed by atoms with van der Waals surface area (Å²) >= 11 is 0. The van der Waals surface area contributed by atoms with Crippen molar-refractivity contribution >= 4 is 18.3 Å². The van der Waals surface area contributed by atoms with Gasteiger partial charge in [0.1, 0.15) is 0 Å². The molecule has 5 nitrogen and oxygen atoms in total. The highest BCUT2D eigenvalue weighted by Gasteiger charge is 2.38. The molecule has 1 aromatic carbocycles. The van der Waals surface area contributed by atoms with Gasteiger partial charge in [0.15, 0.2) is 11.5 Å². The average molecular weight is 339 g/mol. The molecule has 2 atom stereocenters. The Morgan fingerprint density at radius 3 is 2.74 bits per heavy atom. The van der Waals surface area contributed by atoms with E-state index < -0.39 is 0 Å². The maximum absolute atomic E-state index is 13.0. The van der Waals surface area contributed by atoms with Crippen LogP contribution in [0, 0.1) is 0 Å². The van der Waals surface area contributed by atoms with Crippen molar-refractivity contribution < 1.29 is 14.3 Å². The maximum Gasteiger partial charge on any atom is 0.254 e. The van der Waals surface area contributed by atoms with Crippen LogP contribution in [0.5, 0.6) is 11.5 Å². The largest absolute Gasteiger partial charge is 0.490 e. The zero-order valence-corrected chi connectivity index (χ0v) is 13.9. The first-order valence-corrected chi connectivity index (χ1v) is 8.26. The fraction of sp³-hybridized carbons (Fsp3) is 0.588. The van der Waals surface area contributed by atoms with Crippen LogP contribution in [0.4, 0.5) is 0 Å². The van der Waals surface area contributed by atoms with Crippen LogP contribution in [0.25, 0.3) is 0 Å². The molecule has 6 heteroatoms. The van der Waals surface area contributed by atoms with E-state index in [9.17, 15) is 4.79 Å². The third-order valence-corrected chi connectivity index (χ3v) is 4.88. The summed E-state index contributed by atoms with van der Waals surface area (Å²) in [7, 11) is 0. The van der Waals surface area contributed by atoms with Crippen molar-refractivity contribution in [2.75, 3.05) is 26.3 Å². The third kappa shape index (κ3) is 3.12. The normalized spacial score (nSPS) is 26.0. The number of halogens is 1. The molecule has 3 heterocycles. The van der Waals surface area contributed by atoms with Crippen molar-refractivity contribution in [1.29, 1.82) is 0 Å². The highest BCUT2D eigenvalue weighted by atomic mass is 35.5. The molecule has 1 N–H and O–H groups in total. The first-order valence-electron chi connectivity index (χ1n) is 8.26. The molecule has 126 valence electrons. The van der Waals surface area contributed by atoms with Crippen molar-refractivity contribution in [3.05, 3.63) is 23.8 Å². The Balaban J connectivity index is 0.00000156. The monoisotopic (exact) mass is 338 g/mol. The first kappa shape index (κ1) is 16.4. The lowest BCUT2D eigenvalue weighted by atomic mass is 10.1. The smallest absolute Gasteiger partial charge is 0.254 e. The van der Waals surface area contributed by atoms with E-state index in [1.807, 2.05) is 18.2 Å². The topological polar surface area (TPSA) is 50.8 Å². The zero-order chi connectivity index (χ0) is 14.9. The number of ether oxygens (including phenoxy) is 2. The van der Waals surface area contributed by atoms with Crippen molar-refractivity contribution in [3.63, 3.8) is 0 Å². The van der Waals surface area contributed by atoms with E-state index in [0.29, 0.717) is 36.6 Å². The summed E-state index contributed by atoms with van der Waals surface area (Å²) in [6, 6.07) is 6.29. The number of carbonyl (C=O) groups is 1. The molecule has 1 amide bonds. The lowest BCUT2D eigenvalue weighted by Gasteiger charge is -2.28. The molecule has 0 aliphatic carbocycles. The van der Waals surface area contributed by atoms with Crippen LogP contribution in [0.1, 0.15) is 36.0 Å². The molecule has 0 radical (unpaired) electrons. The van der Waals surface area contributed by atoms with E-state index in [0.717, 1.165) is 44.5 Å². The minimum atomic E-state index is 0. The van der Waals surface area contributed by atoms with Gasteiger partial charge in [0.2, 0.25) is 0 Å². The minimum absolute atomic E-state index is 0. The number of hydrogen-bond donors (Lipinski definition) is 1.